The van der Waals surface area contributed by atoms with Gasteiger partial charge in [-0.15, -0.1) is 0 Å². The van der Waals surface area contributed by atoms with E-state index >= 15 is 0 Å². The standard InChI is InChI=1S/C22H22N2O5/c1-27-19-10-7-15(13-20(19)28-2)11-12-23-21(25)14-29-22(26)18-9-8-16-5-3-4-6-17(16)24-18/h3-10,13H,11-12,14H2,1-2H3,(H,23,25). The van der Waals surface area contributed by atoms with Gasteiger partial charge in [-0.05, 0) is 36.2 Å². The molecule has 0 bridgehead atoms. The normalized spacial score (nSPS) is 10.4. The molecule has 0 unspecified atom stereocenters. The third-order valence-electron chi connectivity index (χ3n) is 4.33. The molecule has 2 aromatic carbocycles. The van der Waals surface area contributed by atoms with Gasteiger partial charge in [-0.2, -0.15) is 0 Å². The molecule has 0 saturated heterocycles. The number of hydrogen-bond donors (Lipinski definition) is 1. The van der Waals surface area contributed by atoms with Crippen molar-refractivity contribution in [3.05, 3.63) is 65.9 Å². The van der Waals surface area contributed by atoms with Crippen molar-refractivity contribution in [3.63, 3.8) is 0 Å². The molecular formula is C22H22N2O5. The molecule has 0 aliphatic heterocycles. The van der Waals surface area contributed by atoms with E-state index in [1.54, 1.807) is 26.4 Å². The largest absolute Gasteiger partial charge is 0.493 e. The molecule has 3 rings (SSSR count). The van der Waals surface area contributed by atoms with Crippen LogP contribution in [-0.4, -0.2) is 44.2 Å². The maximum Gasteiger partial charge on any atom is 0.357 e. The Morgan fingerprint density at radius 1 is 0.966 bits per heavy atom. The van der Waals surface area contributed by atoms with Crippen molar-refractivity contribution >= 4 is 22.8 Å². The first-order chi connectivity index (χ1) is 14.1. The lowest BCUT2D eigenvalue weighted by molar-refractivity contribution is -0.124. The molecule has 3 aromatic rings. The fourth-order valence-corrected chi connectivity index (χ4v) is 2.82. The second kappa shape index (κ2) is 9.54. The Hall–Kier alpha value is -3.61. The number of nitrogens with one attached hydrogen (secondary N) is 1. The Labute approximate surface area is 168 Å². The Balaban J connectivity index is 1.46. The predicted molar refractivity (Wildman–Crippen MR) is 108 cm³/mol. The van der Waals surface area contributed by atoms with Gasteiger partial charge in [0.15, 0.2) is 18.1 Å². The van der Waals surface area contributed by atoms with Crippen LogP contribution in [0.4, 0.5) is 0 Å². The molecule has 0 spiro atoms. The van der Waals surface area contributed by atoms with Gasteiger partial charge >= 0.3 is 5.97 Å². The van der Waals surface area contributed by atoms with E-state index in [1.165, 1.54) is 0 Å². The first kappa shape index (κ1) is 20.1. The molecule has 1 heterocycles. The predicted octanol–water partition coefficient (Wildman–Crippen LogP) is 2.77. The highest BCUT2D eigenvalue weighted by molar-refractivity contribution is 5.92. The van der Waals surface area contributed by atoms with Crippen LogP contribution in [0.15, 0.2) is 54.6 Å². The number of benzene rings is 2. The SMILES string of the molecule is COc1ccc(CCNC(=O)COC(=O)c2ccc3ccccc3n2)cc1OC. The van der Waals surface area contributed by atoms with E-state index in [0.29, 0.717) is 30.0 Å². The number of amides is 1. The van der Waals surface area contributed by atoms with Crippen LogP contribution < -0.4 is 14.8 Å². The third kappa shape index (κ3) is 5.22. The average molecular weight is 394 g/mol. The zero-order chi connectivity index (χ0) is 20.6. The minimum Gasteiger partial charge on any atom is -0.493 e. The van der Waals surface area contributed by atoms with Crippen LogP contribution in [0.1, 0.15) is 16.1 Å². The van der Waals surface area contributed by atoms with E-state index in [2.05, 4.69) is 10.3 Å². The summed E-state index contributed by atoms with van der Waals surface area (Å²) < 4.78 is 15.5. The van der Waals surface area contributed by atoms with E-state index in [0.717, 1.165) is 10.9 Å². The number of aromatic nitrogens is 1. The van der Waals surface area contributed by atoms with Crippen LogP contribution in [0.25, 0.3) is 10.9 Å². The molecule has 29 heavy (non-hydrogen) atoms. The Kier molecular flexibility index (Phi) is 6.63. The van der Waals surface area contributed by atoms with Gasteiger partial charge in [-0.25, -0.2) is 9.78 Å². The molecule has 7 nitrogen and oxygen atoms in total. The van der Waals surface area contributed by atoms with Crippen molar-refractivity contribution < 1.29 is 23.8 Å². The lowest BCUT2D eigenvalue weighted by Crippen LogP contribution is -2.30. The van der Waals surface area contributed by atoms with Crippen molar-refractivity contribution in [1.29, 1.82) is 0 Å². The fourth-order valence-electron chi connectivity index (χ4n) is 2.82. The van der Waals surface area contributed by atoms with Gasteiger partial charge in [0, 0.05) is 11.9 Å². The maximum atomic E-state index is 12.1. The first-order valence-corrected chi connectivity index (χ1v) is 9.11. The molecule has 0 atom stereocenters. The minimum atomic E-state index is -0.634. The van der Waals surface area contributed by atoms with Crippen LogP contribution >= 0.6 is 0 Å². The van der Waals surface area contributed by atoms with E-state index in [4.69, 9.17) is 14.2 Å². The number of rotatable bonds is 8. The molecule has 150 valence electrons. The third-order valence-corrected chi connectivity index (χ3v) is 4.33. The molecule has 0 aliphatic carbocycles. The van der Waals surface area contributed by atoms with Gasteiger partial charge < -0.3 is 19.5 Å². The first-order valence-electron chi connectivity index (χ1n) is 9.11. The molecule has 0 radical (unpaired) electrons. The quantitative estimate of drug-likeness (QED) is 0.591. The van der Waals surface area contributed by atoms with Gasteiger partial charge in [0.1, 0.15) is 5.69 Å². The second-order valence-electron chi connectivity index (χ2n) is 6.25. The molecule has 1 N–H and O–H groups in total. The van der Waals surface area contributed by atoms with Crippen LogP contribution in [0.2, 0.25) is 0 Å². The van der Waals surface area contributed by atoms with Gasteiger partial charge in [-0.1, -0.05) is 30.3 Å². The molecular weight excluding hydrogens is 372 g/mol. The number of hydrogen-bond acceptors (Lipinski definition) is 6. The number of fused-ring (bicyclic) bond motifs is 1. The van der Waals surface area contributed by atoms with Gasteiger partial charge in [-0.3, -0.25) is 4.79 Å². The van der Waals surface area contributed by atoms with E-state index < -0.39 is 5.97 Å². The summed E-state index contributed by atoms with van der Waals surface area (Å²) in [5.41, 5.74) is 1.85. The molecule has 1 aromatic heterocycles. The van der Waals surface area contributed by atoms with E-state index in [1.807, 2.05) is 42.5 Å². The Morgan fingerprint density at radius 3 is 2.55 bits per heavy atom. The topological polar surface area (TPSA) is 86.8 Å². The highest BCUT2D eigenvalue weighted by Crippen LogP contribution is 2.27. The zero-order valence-electron chi connectivity index (χ0n) is 16.3. The summed E-state index contributed by atoms with van der Waals surface area (Å²) in [7, 11) is 3.15. The Morgan fingerprint density at radius 2 is 1.76 bits per heavy atom. The summed E-state index contributed by atoms with van der Waals surface area (Å²) in [6.45, 7) is 0.0410. The van der Waals surface area contributed by atoms with Crippen molar-refractivity contribution in [1.82, 2.24) is 10.3 Å². The van der Waals surface area contributed by atoms with E-state index in [-0.39, 0.29) is 18.2 Å². The highest BCUT2D eigenvalue weighted by Gasteiger charge is 2.12. The lowest BCUT2D eigenvalue weighted by Gasteiger charge is -2.10. The average Bonchev–Trinajstić information content (AvgIpc) is 2.76. The maximum absolute atomic E-state index is 12.1. The number of nitrogens with zero attached hydrogens (tertiary/aromatic N) is 1. The summed E-state index contributed by atoms with van der Waals surface area (Å²) in [6, 6.07) is 16.4. The monoisotopic (exact) mass is 394 g/mol. The van der Waals surface area contributed by atoms with Crippen molar-refractivity contribution in [2.45, 2.75) is 6.42 Å². The molecule has 0 aliphatic rings. The summed E-state index contributed by atoms with van der Waals surface area (Å²) in [5, 5.41) is 3.65. The number of ether oxygens (including phenoxy) is 3. The summed E-state index contributed by atoms with van der Waals surface area (Å²) in [5.74, 6) is 0.271. The smallest absolute Gasteiger partial charge is 0.357 e. The van der Waals surface area contributed by atoms with Crippen molar-refractivity contribution in [2.24, 2.45) is 0 Å². The number of esters is 1. The number of para-hydroxylation sites is 1. The van der Waals surface area contributed by atoms with Gasteiger partial charge in [0.2, 0.25) is 0 Å². The summed E-state index contributed by atoms with van der Waals surface area (Å²) in [4.78, 5) is 28.3. The van der Waals surface area contributed by atoms with Gasteiger partial charge in [0.05, 0.1) is 19.7 Å². The number of methoxy groups -OCH3 is 2. The molecule has 1 amide bonds. The fraction of sp³-hybridized carbons (Fsp3) is 0.227. The lowest BCUT2D eigenvalue weighted by atomic mass is 10.1. The van der Waals surface area contributed by atoms with Crippen LogP contribution in [0.5, 0.6) is 11.5 Å². The van der Waals surface area contributed by atoms with Crippen LogP contribution in [0.3, 0.4) is 0 Å². The van der Waals surface area contributed by atoms with Crippen LogP contribution in [-0.2, 0) is 16.0 Å². The second-order valence-corrected chi connectivity index (χ2v) is 6.25. The highest BCUT2D eigenvalue weighted by atomic mass is 16.5. The minimum absolute atomic E-state index is 0.168. The molecule has 0 fully saturated rings. The Bertz CT molecular complexity index is 1020. The zero-order valence-corrected chi connectivity index (χ0v) is 16.3. The number of carbonyl (C=O) groups excluding carboxylic acids is 2. The molecule has 7 heteroatoms. The van der Waals surface area contributed by atoms with Crippen molar-refractivity contribution in [2.75, 3.05) is 27.4 Å². The van der Waals surface area contributed by atoms with E-state index in [9.17, 15) is 9.59 Å². The summed E-state index contributed by atoms with van der Waals surface area (Å²) in [6.07, 6.45) is 0.603. The molecule has 0 saturated carbocycles. The van der Waals surface area contributed by atoms with Crippen molar-refractivity contribution in [3.8, 4) is 11.5 Å². The summed E-state index contributed by atoms with van der Waals surface area (Å²) >= 11 is 0. The number of pyridine rings is 1. The number of carbonyl (C=O) groups is 2. The van der Waals surface area contributed by atoms with Gasteiger partial charge in [0.25, 0.3) is 5.91 Å². The van der Waals surface area contributed by atoms with Crippen LogP contribution in [0, 0.1) is 0 Å².